The summed E-state index contributed by atoms with van der Waals surface area (Å²) in [5.74, 6) is -0.0624. The lowest BCUT2D eigenvalue weighted by Crippen LogP contribution is -2.48. The van der Waals surface area contributed by atoms with Crippen LogP contribution >= 0.6 is 0 Å². The number of benzene rings is 2. The van der Waals surface area contributed by atoms with Gasteiger partial charge < -0.3 is 15.1 Å². The molecule has 2 amide bonds. The van der Waals surface area contributed by atoms with E-state index in [1.807, 2.05) is 67.4 Å². The number of carbonyl (C=O) groups excluding carboxylic acids is 2. The number of likely N-dealkylation sites (tertiary alicyclic amines) is 1. The third kappa shape index (κ3) is 4.53. The SMILES string of the molecule is CCN1C(=O)CC[C@@H](C(=O)NCCN(C)c2ccccc2)[C@@H]1c1ccccc1. The van der Waals surface area contributed by atoms with Crippen molar-refractivity contribution >= 4 is 17.5 Å². The molecule has 1 aliphatic rings. The number of likely N-dealkylation sites (N-methyl/N-ethyl adjacent to an activating group) is 1. The molecule has 0 saturated carbocycles. The molecule has 5 nitrogen and oxygen atoms in total. The van der Waals surface area contributed by atoms with Crippen LogP contribution in [0, 0.1) is 5.92 Å². The van der Waals surface area contributed by atoms with Gasteiger partial charge in [0.2, 0.25) is 11.8 Å². The lowest BCUT2D eigenvalue weighted by atomic mass is 9.83. The fraction of sp³-hybridized carbons (Fsp3) is 0.391. The molecular weight excluding hydrogens is 350 g/mol. The molecule has 0 radical (unpaired) electrons. The van der Waals surface area contributed by atoms with Crippen molar-refractivity contribution in [2.75, 3.05) is 31.6 Å². The average molecular weight is 380 g/mol. The first-order chi connectivity index (χ1) is 13.6. The number of hydrogen-bond acceptors (Lipinski definition) is 3. The van der Waals surface area contributed by atoms with Crippen molar-refractivity contribution in [3.05, 3.63) is 66.2 Å². The van der Waals surface area contributed by atoms with Crippen LogP contribution in [0.1, 0.15) is 31.4 Å². The molecule has 5 heteroatoms. The van der Waals surface area contributed by atoms with E-state index in [0.717, 1.165) is 17.8 Å². The zero-order valence-corrected chi connectivity index (χ0v) is 16.7. The normalized spacial score (nSPS) is 19.4. The van der Waals surface area contributed by atoms with Crippen LogP contribution in [0.4, 0.5) is 5.69 Å². The number of hydrogen-bond donors (Lipinski definition) is 1. The Morgan fingerprint density at radius 2 is 1.75 bits per heavy atom. The van der Waals surface area contributed by atoms with Crippen LogP contribution in [0.3, 0.4) is 0 Å². The van der Waals surface area contributed by atoms with E-state index in [-0.39, 0.29) is 23.8 Å². The molecule has 1 saturated heterocycles. The molecule has 2 aromatic rings. The standard InChI is InChI=1S/C23H29N3O2/c1-3-26-21(27)15-14-20(22(26)18-10-6-4-7-11-18)23(28)24-16-17-25(2)19-12-8-5-9-13-19/h4-13,20,22H,3,14-17H2,1-2H3,(H,24,28)/t20-,22+/m1/s1. The first-order valence-electron chi connectivity index (χ1n) is 10.00. The fourth-order valence-electron chi connectivity index (χ4n) is 3.95. The summed E-state index contributed by atoms with van der Waals surface area (Å²) in [6, 6.07) is 19.8. The number of piperidine rings is 1. The predicted octanol–water partition coefficient (Wildman–Crippen LogP) is 3.24. The Labute approximate surface area is 167 Å². The molecule has 1 fully saturated rings. The van der Waals surface area contributed by atoms with Crippen LogP contribution in [0.15, 0.2) is 60.7 Å². The molecular formula is C23H29N3O2. The number of nitrogens with one attached hydrogen (secondary N) is 1. The minimum absolute atomic E-state index is 0.0289. The van der Waals surface area contributed by atoms with E-state index in [2.05, 4.69) is 22.3 Å². The highest BCUT2D eigenvalue weighted by Gasteiger charge is 2.39. The van der Waals surface area contributed by atoms with E-state index in [4.69, 9.17) is 0 Å². The summed E-state index contributed by atoms with van der Waals surface area (Å²) < 4.78 is 0. The molecule has 28 heavy (non-hydrogen) atoms. The van der Waals surface area contributed by atoms with Gasteiger partial charge in [-0.2, -0.15) is 0 Å². The quantitative estimate of drug-likeness (QED) is 0.804. The average Bonchev–Trinajstić information content (AvgIpc) is 2.74. The van der Waals surface area contributed by atoms with Crippen LogP contribution in [0.2, 0.25) is 0 Å². The molecule has 0 unspecified atom stereocenters. The number of anilines is 1. The van der Waals surface area contributed by atoms with Crippen molar-refractivity contribution < 1.29 is 9.59 Å². The first-order valence-corrected chi connectivity index (χ1v) is 10.00. The van der Waals surface area contributed by atoms with Crippen LogP contribution < -0.4 is 10.2 Å². The van der Waals surface area contributed by atoms with Gasteiger partial charge in [0.05, 0.1) is 12.0 Å². The van der Waals surface area contributed by atoms with Crippen molar-refractivity contribution in [2.24, 2.45) is 5.92 Å². The Morgan fingerprint density at radius 1 is 1.11 bits per heavy atom. The van der Waals surface area contributed by atoms with Gasteiger partial charge in [0.1, 0.15) is 0 Å². The van der Waals surface area contributed by atoms with Gasteiger partial charge in [-0.1, -0.05) is 48.5 Å². The number of para-hydroxylation sites is 1. The summed E-state index contributed by atoms with van der Waals surface area (Å²) in [4.78, 5) is 29.4. The molecule has 1 N–H and O–H groups in total. The monoisotopic (exact) mass is 379 g/mol. The van der Waals surface area contributed by atoms with Gasteiger partial charge in [-0.25, -0.2) is 0 Å². The first kappa shape index (κ1) is 19.9. The summed E-state index contributed by atoms with van der Waals surface area (Å²) in [5.41, 5.74) is 2.15. The molecule has 3 rings (SSSR count). The molecule has 1 aliphatic heterocycles. The fourth-order valence-corrected chi connectivity index (χ4v) is 3.95. The third-order valence-electron chi connectivity index (χ3n) is 5.47. The van der Waals surface area contributed by atoms with Gasteiger partial charge >= 0.3 is 0 Å². The Hall–Kier alpha value is -2.82. The molecule has 0 aromatic heterocycles. The number of nitrogens with zero attached hydrogens (tertiary/aromatic N) is 2. The topological polar surface area (TPSA) is 52.7 Å². The van der Waals surface area contributed by atoms with E-state index in [1.165, 1.54) is 0 Å². The van der Waals surface area contributed by atoms with Crippen molar-refractivity contribution in [3.63, 3.8) is 0 Å². The maximum absolute atomic E-state index is 13.0. The van der Waals surface area contributed by atoms with Gasteiger partial charge in [0.15, 0.2) is 0 Å². The Morgan fingerprint density at radius 3 is 2.39 bits per heavy atom. The van der Waals surface area contributed by atoms with Crippen molar-refractivity contribution in [1.29, 1.82) is 0 Å². The molecule has 2 aromatic carbocycles. The summed E-state index contributed by atoms with van der Waals surface area (Å²) in [5, 5.41) is 3.09. The molecule has 0 aliphatic carbocycles. The van der Waals surface area contributed by atoms with E-state index in [1.54, 1.807) is 0 Å². The van der Waals surface area contributed by atoms with Crippen molar-refractivity contribution in [1.82, 2.24) is 10.2 Å². The molecule has 2 atom stereocenters. The van der Waals surface area contributed by atoms with Gasteiger partial charge in [-0.3, -0.25) is 9.59 Å². The summed E-state index contributed by atoms with van der Waals surface area (Å²) in [7, 11) is 2.02. The Bertz CT molecular complexity index is 779. The molecule has 1 heterocycles. The van der Waals surface area contributed by atoms with Gasteiger partial charge in [0, 0.05) is 38.8 Å². The number of amides is 2. The van der Waals surface area contributed by atoms with Gasteiger partial charge in [-0.05, 0) is 31.0 Å². The lowest BCUT2D eigenvalue weighted by Gasteiger charge is -2.40. The van der Waals surface area contributed by atoms with Crippen LogP contribution in [-0.4, -0.2) is 43.4 Å². The zero-order valence-electron chi connectivity index (χ0n) is 16.7. The summed E-state index contributed by atoms with van der Waals surface area (Å²) in [6.45, 7) is 3.89. The number of rotatable bonds is 7. The van der Waals surface area contributed by atoms with Crippen LogP contribution in [0.5, 0.6) is 0 Å². The largest absolute Gasteiger partial charge is 0.373 e. The predicted molar refractivity (Wildman–Crippen MR) is 112 cm³/mol. The smallest absolute Gasteiger partial charge is 0.225 e. The highest BCUT2D eigenvalue weighted by atomic mass is 16.2. The van der Waals surface area contributed by atoms with Gasteiger partial charge in [0.25, 0.3) is 0 Å². The maximum Gasteiger partial charge on any atom is 0.225 e. The van der Waals surface area contributed by atoms with Crippen LogP contribution in [-0.2, 0) is 9.59 Å². The van der Waals surface area contributed by atoms with Gasteiger partial charge in [-0.15, -0.1) is 0 Å². The van der Waals surface area contributed by atoms with E-state index >= 15 is 0 Å². The van der Waals surface area contributed by atoms with E-state index < -0.39 is 0 Å². The van der Waals surface area contributed by atoms with Crippen molar-refractivity contribution in [2.45, 2.75) is 25.8 Å². The molecule has 0 bridgehead atoms. The molecule has 148 valence electrons. The third-order valence-corrected chi connectivity index (χ3v) is 5.47. The Balaban J connectivity index is 1.66. The second-order valence-corrected chi connectivity index (χ2v) is 7.23. The summed E-state index contributed by atoms with van der Waals surface area (Å²) >= 11 is 0. The lowest BCUT2D eigenvalue weighted by molar-refractivity contribution is -0.143. The van der Waals surface area contributed by atoms with E-state index in [9.17, 15) is 9.59 Å². The second kappa shape index (κ2) is 9.40. The Kier molecular flexibility index (Phi) is 6.69. The zero-order chi connectivity index (χ0) is 19.9. The second-order valence-electron chi connectivity index (χ2n) is 7.23. The highest BCUT2D eigenvalue weighted by molar-refractivity contribution is 5.85. The minimum Gasteiger partial charge on any atom is -0.373 e. The summed E-state index contributed by atoms with van der Waals surface area (Å²) in [6.07, 6.45) is 1.02. The minimum atomic E-state index is -0.220. The highest BCUT2D eigenvalue weighted by Crippen LogP contribution is 2.36. The van der Waals surface area contributed by atoms with Crippen LogP contribution in [0.25, 0.3) is 0 Å². The van der Waals surface area contributed by atoms with Crippen molar-refractivity contribution in [3.8, 4) is 0 Å². The number of carbonyl (C=O) groups is 2. The van der Waals surface area contributed by atoms with E-state index in [0.29, 0.717) is 25.9 Å². The maximum atomic E-state index is 13.0. The molecule has 0 spiro atoms.